The number of rotatable bonds is 7. The Balaban J connectivity index is 1.57. The summed E-state index contributed by atoms with van der Waals surface area (Å²) in [4.78, 5) is 12.9. The number of carbonyl (C=O) groups excluding carboxylic acids is 1. The van der Waals surface area contributed by atoms with Crippen molar-refractivity contribution >= 4 is 27.3 Å². The van der Waals surface area contributed by atoms with Gasteiger partial charge in [0.15, 0.2) is 0 Å². The molecular formula is C19H24N2O3S2. The minimum Gasteiger partial charge on any atom is -0.349 e. The Morgan fingerprint density at radius 1 is 1.15 bits per heavy atom. The van der Waals surface area contributed by atoms with E-state index in [1.807, 2.05) is 25.1 Å². The maximum absolute atomic E-state index is 12.6. The van der Waals surface area contributed by atoms with Gasteiger partial charge in [0.2, 0.25) is 0 Å². The Morgan fingerprint density at radius 2 is 1.85 bits per heavy atom. The van der Waals surface area contributed by atoms with Crippen LogP contribution in [-0.4, -0.2) is 37.8 Å². The zero-order valence-corrected chi connectivity index (χ0v) is 16.5. The lowest BCUT2D eigenvalue weighted by atomic mass is 10.1. The molecule has 1 N–H and O–H groups in total. The van der Waals surface area contributed by atoms with Crippen LogP contribution in [0.4, 0.5) is 0 Å². The molecule has 2 heterocycles. The van der Waals surface area contributed by atoms with E-state index in [0.717, 1.165) is 37.0 Å². The molecule has 26 heavy (non-hydrogen) atoms. The minimum atomic E-state index is -3.45. The predicted molar refractivity (Wildman–Crippen MR) is 104 cm³/mol. The summed E-state index contributed by atoms with van der Waals surface area (Å²) in [7, 11) is -3.45. The number of hydrogen-bond acceptors (Lipinski definition) is 4. The zero-order valence-electron chi connectivity index (χ0n) is 14.8. The Bertz CT molecular complexity index is 841. The molecule has 0 radical (unpaired) electrons. The SMILES string of the molecule is C[C@H](CCc1ccccc1)NC(=O)c1ccc(S(=O)(=O)N2CCCC2)s1. The van der Waals surface area contributed by atoms with Crippen LogP contribution in [-0.2, 0) is 16.4 Å². The summed E-state index contributed by atoms with van der Waals surface area (Å²) >= 11 is 1.05. The molecule has 1 atom stereocenters. The summed E-state index contributed by atoms with van der Waals surface area (Å²) in [6.07, 6.45) is 3.52. The first-order chi connectivity index (χ1) is 12.5. The fraction of sp³-hybridized carbons (Fsp3) is 0.421. The van der Waals surface area contributed by atoms with Gasteiger partial charge in [-0.3, -0.25) is 4.79 Å². The van der Waals surface area contributed by atoms with E-state index in [-0.39, 0.29) is 16.2 Å². The average Bonchev–Trinajstić information content (AvgIpc) is 3.33. The molecule has 0 saturated carbocycles. The van der Waals surface area contributed by atoms with Crippen molar-refractivity contribution in [2.24, 2.45) is 0 Å². The van der Waals surface area contributed by atoms with Gasteiger partial charge in [-0.25, -0.2) is 8.42 Å². The number of hydrogen-bond donors (Lipinski definition) is 1. The lowest BCUT2D eigenvalue weighted by molar-refractivity contribution is 0.0942. The first-order valence-corrected chi connectivity index (χ1v) is 11.2. The number of thiophene rings is 1. The van der Waals surface area contributed by atoms with Crippen molar-refractivity contribution in [3.05, 3.63) is 52.9 Å². The van der Waals surface area contributed by atoms with E-state index >= 15 is 0 Å². The van der Waals surface area contributed by atoms with Crippen LogP contribution in [0.5, 0.6) is 0 Å². The van der Waals surface area contributed by atoms with E-state index in [9.17, 15) is 13.2 Å². The number of amides is 1. The highest BCUT2D eigenvalue weighted by Gasteiger charge is 2.29. The Labute approximate surface area is 159 Å². The smallest absolute Gasteiger partial charge is 0.261 e. The first kappa shape index (κ1) is 19.1. The summed E-state index contributed by atoms with van der Waals surface area (Å²) in [6, 6.07) is 13.3. The molecule has 1 amide bonds. The fourth-order valence-electron chi connectivity index (χ4n) is 3.03. The van der Waals surface area contributed by atoms with Crippen LogP contribution < -0.4 is 5.32 Å². The lowest BCUT2D eigenvalue weighted by Crippen LogP contribution is -2.32. The summed E-state index contributed by atoms with van der Waals surface area (Å²) in [5.74, 6) is -0.210. The van der Waals surface area contributed by atoms with Crippen LogP contribution in [0.25, 0.3) is 0 Å². The Morgan fingerprint density at radius 3 is 2.54 bits per heavy atom. The molecule has 3 rings (SSSR count). The van der Waals surface area contributed by atoms with E-state index in [4.69, 9.17) is 0 Å². The number of nitrogens with zero attached hydrogens (tertiary/aromatic N) is 1. The summed E-state index contributed by atoms with van der Waals surface area (Å²) in [5, 5.41) is 2.96. The normalized spacial score (nSPS) is 16.5. The highest BCUT2D eigenvalue weighted by atomic mass is 32.2. The lowest BCUT2D eigenvalue weighted by Gasteiger charge is -2.14. The van der Waals surface area contributed by atoms with Crippen LogP contribution in [0.2, 0.25) is 0 Å². The van der Waals surface area contributed by atoms with Gasteiger partial charge < -0.3 is 5.32 Å². The Kier molecular flexibility index (Phi) is 6.11. The number of sulfonamides is 1. The quantitative estimate of drug-likeness (QED) is 0.786. The Hall–Kier alpha value is -1.70. The molecular weight excluding hydrogens is 368 g/mol. The number of nitrogens with one attached hydrogen (secondary N) is 1. The van der Waals surface area contributed by atoms with Gasteiger partial charge in [0, 0.05) is 19.1 Å². The molecule has 0 bridgehead atoms. The van der Waals surface area contributed by atoms with Crippen molar-refractivity contribution in [2.75, 3.05) is 13.1 Å². The van der Waals surface area contributed by atoms with Crippen LogP contribution in [0.3, 0.4) is 0 Å². The highest BCUT2D eigenvalue weighted by molar-refractivity contribution is 7.91. The molecule has 1 aromatic heterocycles. The van der Waals surface area contributed by atoms with Gasteiger partial charge in [-0.2, -0.15) is 4.31 Å². The van der Waals surface area contributed by atoms with Crippen molar-refractivity contribution in [3.8, 4) is 0 Å². The van der Waals surface area contributed by atoms with E-state index < -0.39 is 10.0 Å². The molecule has 1 fully saturated rings. The largest absolute Gasteiger partial charge is 0.349 e. The van der Waals surface area contributed by atoms with Gasteiger partial charge in [-0.05, 0) is 50.3 Å². The van der Waals surface area contributed by atoms with Gasteiger partial charge in [0.25, 0.3) is 15.9 Å². The van der Waals surface area contributed by atoms with Crippen molar-refractivity contribution in [1.82, 2.24) is 9.62 Å². The number of carbonyl (C=O) groups is 1. The van der Waals surface area contributed by atoms with Crippen molar-refractivity contribution in [3.63, 3.8) is 0 Å². The number of aryl methyl sites for hydroxylation is 1. The van der Waals surface area contributed by atoms with Crippen LogP contribution >= 0.6 is 11.3 Å². The molecule has 7 heteroatoms. The van der Waals surface area contributed by atoms with Crippen molar-refractivity contribution < 1.29 is 13.2 Å². The van der Waals surface area contributed by atoms with E-state index in [2.05, 4.69) is 17.4 Å². The monoisotopic (exact) mass is 392 g/mol. The molecule has 1 aliphatic heterocycles. The number of benzene rings is 1. The summed E-state index contributed by atoms with van der Waals surface area (Å²) in [6.45, 7) is 3.10. The topological polar surface area (TPSA) is 66.5 Å². The third-order valence-electron chi connectivity index (χ3n) is 4.55. The maximum Gasteiger partial charge on any atom is 0.261 e. The van der Waals surface area contributed by atoms with Crippen molar-refractivity contribution in [1.29, 1.82) is 0 Å². The molecule has 0 aliphatic carbocycles. The fourth-order valence-corrected chi connectivity index (χ4v) is 5.91. The third-order valence-corrected chi connectivity index (χ3v) is 8.00. The molecule has 0 unspecified atom stereocenters. The van der Waals surface area contributed by atoms with Crippen LogP contribution in [0.15, 0.2) is 46.7 Å². The summed E-state index contributed by atoms with van der Waals surface area (Å²) < 4.78 is 26.9. The molecule has 1 aromatic carbocycles. The summed E-state index contributed by atoms with van der Waals surface area (Å²) in [5.41, 5.74) is 1.24. The van der Waals surface area contributed by atoms with Gasteiger partial charge in [0.1, 0.15) is 4.21 Å². The predicted octanol–water partition coefficient (Wildman–Crippen LogP) is 3.28. The van der Waals surface area contributed by atoms with E-state index in [0.29, 0.717) is 18.0 Å². The van der Waals surface area contributed by atoms with Crippen molar-refractivity contribution in [2.45, 2.75) is 42.9 Å². The molecule has 140 valence electrons. The van der Waals surface area contributed by atoms with Gasteiger partial charge in [-0.15, -0.1) is 11.3 Å². The van der Waals surface area contributed by atoms with Gasteiger partial charge in [-0.1, -0.05) is 30.3 Å². The second-order valence-corrected chi connectivity index (χ2v) is 9.88. The van der Waals surface area contributed by atoms with Gasteiger partial charge in [0.05, 0.1) is 4.88 Å². The first-order valence-electron chi connectivity index (χ1n) is 8.91. The molecule has 5 nitrogen and oxygen atoms in total. The second kappa shape index (κ2) is 8.33. The molecule has 0 spiro atoms. The highest BCUT2D eigenvalue weighted by Crippen LogP contribution is 2.27. The molecule has 1 aliphatic rings. The molecule has 2 aromatic rings. The third kappa shape index (κ3) is 4.52. The van der Waals surface area contributed by atoms with E-state index in [1.54, 1.807) is 12.1 Å². The van der Waals surface area contributed by atoms with Crippen LogP contribution in [0, 0.1) is 0 Å². The second-order valence-electron chi connectivity index (χ2n) is 6.63. The zero-order chi connectivity index (χ0) is 18.6. The van der Waals surface area contributed by atoms with Crippen LogP contribution in [0.1, 0.15) is 41.4 Å². The average molecular weight is 393 g/mol. The van der Waals surface area contributed by atoms with Gasteiger partial charge >= 0.3 is 0 Å². The minimum absolute atomic E-state index is 0.0171. The van der Waals surface area contributed by atoms with E-state index in [1.165, 1.54) is 9.87 Å². The molecule has 1 saturated heterocycles. The maximum atomic E-state index is 12.6. The standard InChI is InChI=1S/C19H24N2O3S2/c1-15(9-10-16-7-3-2-4-8-16)20-19(22)17-11-12-18(25-17)26(23,24)21-13-5-6-14-21/h2-4,7-8,11-12,15H,5-6,9-10,13-14H2,1H3,(H,20,22)/t15-/m1/s1.